The number of para-hydroxylation sites is 1. The minimum absolute atomic E-state index is 0.126. The van der Waals surface area contributed by atoms with Crippen molar-refractivity contribution in [1.29, 1.82) is 0 Å². The van der Waals surface area contributed by atoms with Crippen molar-refractivity contribution >= 4 is 23.3 Å². The Labute approximate surface area is 143 Å². The lowest BCUT2D eigenvalue weighted by Gasteiger charge is -2.07. The molecule has 2 aromatic carbocycles. The number of benzene rings is 2. The number of hydrogen-bond acceptors (Lipinski definition) is 6. The van der Waals surface area contributed by atoms with Gasteiger partial charge in [-0.15, -0.1) is 0 Å². The van der Waals surface area contributed by atoms with Crippen molar-refractivity contribution in [1.82, 2.24) is 5.48 Å². The van der Waals surface area contributed by atoms with E-state index >= 15 is 0 Å². The maximum absolute atomic E-state index is 11.8. The van der Waals surface area contributed by atoms with Crippen LogP contribution in [0.2, 0.25) is 0 Å². The second-order valence-electron chi connectivity index (χ2n) is 4.97. The number of nitrogens with one attached hydrogen (secondary N) is 2. The summed E-state index contributed by atoms with van der Waals surface area (Å²) in [6.07, 6.45) is 1.18. The van der Waals surface area contributed by atoms with E-state index in [4.69, 9.17) is 0 Å². The van der Waals surface area contributed by atoms with Crippen LogP contribution in [0, 0.1) is 10.1 Å². The first-order valence-corrected chi connectivity index (χ1v) is 7.21. The summed E-state index contributed by atoms with van der Waals surface area (Å²) < 4.78 is 0. The molecule has 0 heterocycles. The van der Waals surface area contributed by atoms with Gasteiger partial charge in [-0.2, -0.15) is 5.48 Å². The van der Waals surface area contributed by atoms with Crippen LogP contribution in [0.1, 0.15) is 17.3 Å². The van der Waals surface area contributed by atoms with Gasteiger partial charge in [0.25, 0.3) is 11.6 Å². The summed E-state index contributed by atoms with van der Waals surface area (Å²) in [5.41, 5.74) is 3.31. The first kappa shape index (κ1) is 17.7. The van der Waals surface area contributed by atoms with E-state index in [0.717, 1.165) is 5.69 Å². The maximum Gasteiger partial charge on any atom is 0.357 e. The third kappa shape index (κ3) is 5.47. The SMILES string of the molecule is CC(=CC(=O)ONC(=O)c1ccc([N+](=O)[O-])cc1)Nc1ccccc1. The van der Waals surface area contributed by atoms with Crippen molar-refractivity contribution in [2.24, 2.45) is 0 Å². The molecule has 1 amide bonds. The number of amides is 1. The number of allylic oxidation sites excluding steroid dienone is 1. The Morgan fingerprint density at radius 1 is 1.08 bits per heavy atom. The molecule has 0 aliphatic carbocycles. The van der Waals surface area contributed by atoms with E-state index in [0.29, 0.717) is 5.70 Å². The van der Waals surface area contributed by atoms with Crippen LogP contribution in [0.4, 0.5) is 11.4 Å². The van der Waals surface area contributed by atoms with Gasteiger partial charge in [-0.1, -0.05) is 18.2 Å². The quantitative estimate of drug-likeness (QED) is 0.491. The van der Waals surface area contributed by atoms with Crippen LogP contribution in [0.3, 0.4) is 0 Å². The molecule has 0 spiro atoms. The predicted molar refractivity (Wildman–Crippen MR) is 90.5 cm³/mol. The summed E-state index contributed by atoms with van der Waals surface area (Å²) in [6.45, 7) is 1.67. The highest BCUT2D eigenvalue weighted by Gasteiger charge is 2.11. The summed E-state index contributed by atoms with van der Waals surface area (Å²) in [7, 11) is 0. The van der Waals surface area contributed by atoms with Crippen molar-refractivity contribution in [3.8, 4) is 0 Å². The van der Waals surface area contributed by atoms with Crippen LogP contribution >= 0.6 is 0 Å². The van der Waals surface area contributed by atoms with Crippen LogP contribution in [0.15, 0.2) is 66.4 Å². The molecule has 0 aliphatic heterocycles. The van der Waals surface area contributed by atoms with E-state index in [-0.39, 0.29) is 11.3 Å². The van der Waals surface area contributed by atoms with Crippen LogP contribution in [-0.4, -0.2) is 16.8 Å². The zero-order chi connectivity index (χ0) is 18.2. The molecule has 0 atom stereocenters. The molecule has 0 saturated carbocycles. The zero-order valence-corrected chi connectivity index (χ0v) is 13.3. The third-order valence-electron chi connectivity index (χ3n) is 3.03. The van der Waals surface area contributed by atoms with Gasteiger partial charge in [0.2, 0.25) is 0 Å². The van der Waals surface area contributed by atoms with Gasteiger partial charge in [-0.3, -0.25) is 14.9 Å². The van der Waals surface area contributed by atoms with E-state index in [1.807, 2.05) is 35.8 Å². The summed E-state index contributed by atoms with van der Waals surface area (Å²) >= 11 is 0. The van der Waals surface area contributed by atoms with E-state index in [9.17, 15) is 19.7 Å². The molecule has 25 heavy (non-hydrogen) atoms. The van der Waals surface area contributed by atoms with E-state index in [2.05, 4.69) is 10.2 Å². The Bertz CT molecular complexity index is 801. The highest BCUT2D eigenvalue weighted by Crippen LogP contribution is 2.12. The molecular weight excluding hydrogens is 326 g/mol. The Kier molecular flexibility index (Phi) is 5.83. The molecule has 0 radical (unpaired) electrons. The molecule has 2 rings (SSSR count). The van der Waals surface area contributed by atoms with E-state index in [1.54, 1.807) is 6.92 Å². The molecule has 2 N–H and O–H groups in total. The topological polar surface area (TPSA) is 111 Å². The first-order valence-electron chi connectivity index (χ1n) is 7.21. The second-order valence-corrected chi connectivity index (χ2v) is 4.97. The number of carbonyl (C=O) groups is 2. The van der Waals surface area contributed by atoms with Crippen molar-refractivity contribution in [3.05, 3.63) is 82.0 Å². The highest BCUT2D eigenvalue weighted by molar-refractivity contribution is 5.95. The fraction of sp³-hybridized carbons (Fsp3) is 0.0588. The Morgan fingerprint density at radius 2 is 1.72 bits per heavy atom. The Morgan fingerprint density at radius 3 is 2.32 bits per heavy atom. The number of hydroxylamine groups is 1. The molecule has 0 saturated heterocycles. The van der Waals surface area contributed by atoms with Gasteiger partial charge in [0.1, 0.15) is 0 Å². The molecule has 8 heteroatoms. The normalized spacial score (nSPS) is 10.7. The van der Waals surface area contributed by atoms with Gasteiger partial charge < -0.3 is 10.2 Å². The highest BCUT2D eigenvalue weighted by atomic mass is 16.7. The number of nitrogens with zero attached hydrogens (tertiary/aromatic N) is 1. The fourth-order valence-electron chi connectivity index (χ4n) is 1.88. The number of rotatable bonds is 5. The monoisotopic (exact) mass is 341 g/mol. The molecule has 2 aromatic rings. The molecule has 0 unspecified atom stereocenters. The molecule has 0 aromatic heterocycles. The zero-order valence-electron chi connectivity index (χ0n) is 13.3. The molecule has 0 aliphatic rings. The van der Waals surface area contributed by atoms with Gasteiger partial charge >= 0.3 is 5.97 Å². The standard InChI is InChI=1S/C17H15N3O5/c1-12(18-14-5-3-2-4-6-14)11-16(21)25-19-17(22)13-7-9-15(10-8-13)20(23)24/h2-11,18H,1H3,(H,19,22). The van der Waals surface area contributed by atoms with Crippen molar-refractivity contribution in [2.45, 2.75) is 6.92 Å². The fourth-order valence-corrected chi connectivity index (χ4v) is 1.88. The van der Waals surface area contributed by atoms with Crippen molar-refractivity contribution < 1.29 is 19.3 Å². The van der Waals surface area contributed by atoms with E-state index < -0.39 is 16.8 Å². The molecule has 8 nitrogen and oxygen atoms in total. The van der Waals surface area contributed by atoms with Crippen LogP contribution in [0.25, 0.3) is 0 Å². The third-order valence-corrected chi connectivity index (χ3v) is 3.03. The van der Waals surface area contributed by atoms with Crippen molar-refractivity contribution in [2.75, 3.05) is 5.32 Å². The lowest BCUT2D eigenvalue weighted by atomic mass is 10.2. The number of nitro groups is 1. The number of hydrogen-bond donors (Lipinski definition) is 2. The van der Waals surface area contributed by atoms with Gasteiger partial charge in [-0.05, 0) is 31.2 Å². The van der Waals surface area contributed by atoms with Crippen LogP contribution in [0.5, 0.6) is 0 Å². The van der Waals surface area contributed by atoms with E-state index in [1.165, 1.54) is 30.3 Å². The minimum Gasteiger partial charge on any atom is -0.359 e. The maximum atomic E-state index is 11.8. The molecule has 0 bridgehead atoms. The summed E-state index contributed by atoms with van der Waals surface area (Å²) in [6, 6.07) is 14.1. The smallest absolute Gasteiger partial charge is 0.357 e. The largest absolute Gasteiger partial charge is 0.359 e. The Hall–Kier alpha value is -3.68. The first-order chi connectivity index (χ1) is 12.0. The summed E-state index contributed by atoms with van der Waals surface area (Å²) in [4.78, 5) is 38.1. The second kappa shape index (κ2) is 8.25. The Balaban J connectivity index is 1.87. The van der Waals surface area contributed by atoms with Crippen molar-refractivity contribution in [3.63, 3.8) is 0 Å². The number of non-ortho nitro benzene ring substituents is 1. The van der Waals surface area contributed by atoms with Crippen LogP contribution < -0.4 is 10.8 Å². The average Bonchev–Trinajstić information content (AvgIpc) is 2.60. The lowest BCUT2D eigenvalue weighted by molar-refractivity contribution is -0.384. The van der Waals surface area contributed by atoms with Gasteiger partial charge in [0.05, 0.1) is 4.92 Å². The number of anilines is 1. The summed E-state index contributed by atoms with van der Waals surface area (Å²) in [5, 5.41) is 13.5. The summed E-state index contributed by atoms with van der Waals surface area (Å²) in [5.74, 6) is -1.46. The molecule has 0 fully saturated rings. The van der Waals surface area contributed by atoms with Crippen LogP contribution in [-0.2, 0) is 9.63 Å². The minimum atomic E-state index is -0.767. The predicted octanol–water partition coefficient (Wildman–Crippen LogP) is 2.80. The van der Waals surface area contributed by atoms with Gasteiger partial charge in [0.15, 0.2) is 0 Å². The number of nitro benzene ring substituents is 1. The lowest BCUT2D eigenvalue weighted by Crippen LogP contribution is -2.26. The molecule has 128 valence electrons. The van der Waals surface area contributed by atoms with Gasteiger partial charge in [0, 0.05) is 35.2 Å². The average molecular weight is 341 g/mol. The number of carbonyl (C=O) groups excluding carboxylic acids is 2. The van der Waals surface area contributed by atoms with Gasteiger partial charge in [-0.25, -0.2) is 4.79 Å². The molecular formula is C17H15N3O5.